The lowest BCUT2D eigenvalue weighted by Gasteiger charge is -2.29. The number of aliphatic hydroxyl groups is 1. The van der Waals surface area contributed by atoms with Crippen LogP contribution in [0.1, 0.15) is 24.7 Å². The Hall–Kier alpha value is -2.59. The van der Waals surface area contributed by atoms with Gasteiger partial charge in [-0.3, -0.25) is 4.99 Å². The molecule has 10 heteroatoms. The molecule has 1 heterocycles. The van der Waals surface area contributed by atoms with Gasteiger partial charge in [-0.25, -0.2) is 4.98 Å². The Balaban J connectivity index is 1.88. The normalized spacial score (nSPS) is 14.4. The van der Waals surface area contributed by atoms with Crippen molar-refractivity contribution in [2.24, 2.45) is 12.0 Å². The molecule has 1 aromatic carbocycles. The van der Waals surface area contributed by atoms with Gasteiger partial charge in [0.05, 0.1) is 13.2 Å². The van der Waals surface area contributed by atoms with Crippen LogP contribution in [0.5, 0.6) is 0 Å². The number of ether oxygens (including phenoxy) is 1. The minimum absolute atomic E-state index is 0.247. The molecular weight excluding hydrogens is 399 g/mol. The number of hydrogen-bond donors (Lipinski definition) is 3. The van der Waals surface area contributed by atoms with Crippen molar-refractivity contribution >= 4 is 5.96 Å². The number of hydrogen-bond acceptors (Lipinski definition) is 4. The van der Waals surface area contributed by atoms with E-state index >= 15 is 0 Å². The third-order valence-corrected chi connectivity index (χ3v) is 4.40. The van der Waals surface area contributed by atoms with Crippen molar-refractivity contribution in [3.8, 4) is 0 Å². The van der Waals surface area contributed by atoms with Crippen molar-refractivity contribution < 1.29 is 23.0 Å². The lowest BCUT2D eigenvalue weighted by Crippen LogP contribution is -2.45. The molecule has 0 saturated heterocycles. The van der Waals surface area contributed by atoms with Gasteiger partial charge in [-0.05, 0) is 12.5 Å². The molecule has 2 rings (SSSR count). The molecule has 0 bridgehead atoms. The zero-order valence-corrected chi connectivity index (χ0v) is 17.1. The van der Waals surface area contributed by atoms with Gasteiger partial charge in [0.15, 0.2) is 5.96 Å². The average molecular weight is 427 g/mol. The number of halogens is 3. The second kappa shape index (κ2) is 11.0. The largest absolute Gasteiger partial charge is 0.424 e. The summed E-state index contributed by atoms with van der Waals surface area (Å²) in [5, 5.41) is 16.3. The van der Waals surface area contributed by atoms with Crippen LogP contribution in [0, 0.1) is 0 Å². The number of imidazole rings is 1. The van der Waals surface area contributed by atoms with Crippen LogP contribution in [0.3, 0.4) is 0 Å². The zero-order chi connectivity index (χ0) is 22.0. The summed E-state index contributed by atoms with van der Waals surface area (Å²) in [5.74, 6) is -0.109. The number of guanidine groups is 1. The van der Waals surface area contributed by atoms with Crippen LogP contribution in [0.15, 0.2) is 47.7 Å². The van der Waals surface area contributed by atoms with E-state index in [2.05, 4.69) is 20.6 Å². The highest BCUT2D eigenvalue weighted by Crippen LogP contribution is 2.40. The summed E-state index contributed by atoms with van der Waals surface area (Å²) in [4.78, 5) is 7.83. The number of aryl methyl sites for hydroxylation is 1. The number of benzene rings is 1. The fourth-order valence-corrected chi connectivity index (χ4v) is 2.82. The van der Waals surface area contributed by atoms with E-state index in [9.17, 15) is 18.3 Å². The Kier molecular flexibility index (Phi) is 8.67. The van der Waals surface area contributed by atoms with Crippen LogP contribution in [-0.2, 0) is 24.0 Å². The van der Waals surface area contributed by atoms with Crippen molar-refractivity contribution in [1.82, 2.24) is 20.2 Å². The van der Waals surface area contributed by atoms with Crippen LogP contribution >= 0.6 is 0 Å². The molecule has 0 aliphatic carbocycles. The minimum atomic E-state index is -4.88. The summed E-state index contributed by atoms with van der Waals surface area (Å²) >= 11 is 0. The van der Waals surface area contributed by atoms with Gasteiger partial charge in [-0.15, -0.1) is 0 Å². The van der Waals surface area contributed by atoms with Gasteiger partial charge in [-0.1, -0.05) is 30.3 Å². The molecule has 0 saturated carbocycles. The summed E-state index contributed by atoms with van der Waals surface area (Å²) in [5.41, 5.74) is -2.02. The lowest BCUT2D eigenvalue weighted by atomic mass is 9.98. The Morgan fingerprint density at radius 2 is 1.97 bits per heavy atom. The van der Waals surface area contributed by atoms with Gasteiger partial charge >= 0.3 is 6.18 Å². The summed E-state index contributed by atoms with van der Waals surface area (Å²) in [6.07, 6.45) is -2.95. The predicted molar refractivity (Wildman–Crippen MR) is 108 cm³/mol. The van der Waals surface area contributed by atoms with Gasteiger partial charge < -0.3 is 25.0 Å². The Morgan fingerprint density at radius 1 is 1.23 bits per heavy atom. The molecule has 7 nitrogen and oxygen atoms in total. The van der Waals surface area contributed by atoms with Crippen LogP contribution in [0.2, 0.25) is 0 Å². The molecule has 0 spiro atoms. The van der Waals surface area contributed by atoms with E-state index in [-0.39, 0.29) is 6.54 Å². The van der Waals surface area contributed by atoms with E-state index in [1.165, 1.54) is 19.4 Å². The van der Waals surface area contributed by atoms with Gasteiger partial charge in [0.2, 0.25) is 5.60 Å². The molecule has 0 amide bonds. The number of alkyl halides is 3. The molecule has 0 aliphatic rings. The van der Waals surface area contributed by atoms with Gasteiger partial charge in [0.25, 0.3) is 0 Å². The number of nitrogens with one attached hydrogen (secondary N) is 2. The summed E-state index contributed by atoms with van der Waals surface area (Å²) in [6.45, 7) is 3.45. The highest BCUT2D eigenvalue weighted by atomic mass is 19.4. The first kappa shape index (κ1) is 23.7. The van der Waals surface area contributed by atoms with Crippen molar-refractivity contribution in [1.29, 1.82) is 0 Å². The first-order valence-corrected chi connectivity index (χ1v) is 9.68. The van der Waals surface area contributed by atoms with Gasteiger partial charge in [0.1, 0.15) is 5.82 Å². The molecular formula is C20H28F3N5O2. The molecule has 0 aliphatic heterocycles. The minimum Gasteiger partial charge on any atom is -0.375 e. The smallest absolute Gasteiger partial charge is 0.375 e. The predicted octanol–water partition coefficient (Wildman–Crippen LogP) is 2.33. The van der Waals surface area contributed by atoms with Crippen molar-refractivity contribution in [3.05, 3.63) is 54.1 Å². The van der Waals surface area contributed by atoms with Gasteiger partial charge in [0, 0.05) is 45.5 Å². The van der Waals surface area contributed by atoms with Crippen LogP contribution in [0.4, 0.5) is 13.2 Å². The standard InChI is InChI=1S/C20H28F3N5O2/c1-3-24-18(27-12-14-30-15-16-7-5-4-6-8-16)26-10-9-19(29,20(21,22)23)17-25-11-13-28(17)2/h4-8,11,13,29H,3,9-10,12,14-15H2,1-2H3,(H2,24,26,27). The van der Waals surface area contributed by atoms with E-state index in [0.29, 0.717) is 32.3 Å². The maximum Gasteiger partial charge on any atom is 0.424 e. The fraction of sp³-hybridized carbons (Fsp3) is 0.500. The lowest BCUT2D eigenvalue weighted by molar-refractivity contribution is -0.272. The van der Waals surface area contributed by atoms with E-state index in [0.717, 1.165) is 10.1 Å². The quantitative estimate of drug-likeness (QED) is 0.308. The molecule has 2 aromatic rings. The van der Waals surface area contributed by atoms with Crippen LogP contribution in [0.25, 0.3) is 0 Å². The second-order valence-electron chi connectivity index (χ2n) is 6.70. The molecule has 30 heavy (non-hydrogen) atoms. The Labute approximate surface area is 174 Å². The maximum absolute atomic E-state index is 13.5. The van der Waals surface area contributed by atoms with Crippen LogP contribution in [-0.4, -0.2) is 53.0 Å². The van der Waals surface area contributed by atoms with E-state index in [1.54, 1.807) is 0 Å². The van der Waals surface area contributed by atoms with E-state index < -0.39 is 24.0 Å². The zero-order valence-electron chi connectivity index (χ0n) is 17.1. The Morgan fingerprint density at radius 3 is 2.57 bits per heavy atom. The Bertz CT molecular complexity index is 795. The number of nitrogens with zero attached hydrogens (tertiary/aromatic N) is 3. The van der Waals surface area contributed by atoms with Crippen molar-refractivity contribution in [2.75, 3.05) is 26.2 Å². The highest BCUT2D eigenvalue weighted by Gasteiger charge is 2.57. The third kappa shape index (κ3) is 6.46. The topological polar surface area (TPSA) is 83.7 Å². The molecule has 0 radical (unpaired) electrons. The molecule has 3 N–H and O–H groups in total. The molecule has 1 atom stereocenters. The molecule has 1 aromatic heterocycles. The number of aromatic nitrogens is 2. The van der Waals surface area contributed by atoms with Crippen LogP contribution < -0.4 is 10.6 Å². The number of aliphatic imine (C=N–C) groups is 1. The SMILES string of the molecule is CCNC(=NCCC(O)(c1nccn1C)C(F)(F)F)NCCOCc1ccccc1. The van der Waals surface area contributed by atoms with Gasteiger partial charge in [-0.2, -0.15) is 13.2 Å². The monoisotopic (exact) mass is 427 g/mol. The van der Waals surface area contributed by atoms with Crippen molar-refractivity contribution in [2.45, 2.75) is 31.7 Å². The second-order valence-corrected chi connectivity index (χ2v) is 6.70. The molecule has 0 fully saturated rings. The molecule has 1 unspecified atom stereocenters. The number of rotatable bonds is 10. The summed E-state index contributed by atoms with van der Waals surface area (Å²) in [6, 6.07) is 9.71. The third-order valence-electron chi connectivity index (χ3n) is 4.40. The maximum atomic E-state index is 13.5. The average Bonchev–Trinajstić information content (AvgIpc) is 3.14. The molecule has 166 valence electrons. The fourth-order valence-electron chi connectivity index (χ4n) is 2.82. The van der Waals surface area contributed by atoms with E-state index in [4.69, 9.17) is 4.74 Å². The summed E-state index contributed by atoms with van der Waals surface area (Å²) in [7, 11) is 1.41. The van der Waals surface area contributed by atoms with Crippen molar-refractivity contribution in [3.63, 3.8) is 0 Å². The first-order chi connectivity index (χ1) is 14.3. The highest BCUT2D eigenvalue weighted by molar-refractivity contribution is 5.79. The van der Waals surface area contributed by atoms with E-state index in [1.807, 2.05) is 37.3 Å². The first-order valence-electron chi connectivity index (χ1n) is 9.68. The summed E-state index contributed by atoms with van der Waals surface area (Å²) < 4.78 is 47.4.